The fourth-order valence-corrected chi connectivity index (χ4v) is 0. The van der Waals surface area contributed by atoms with Gasteiger partial charge in [-0.2, -0.15) is 4.21 Å². The molecule has 0 aromatic heterocycles. The molecule has 0 heterocycles. The standard InChI is InChI=1S/C2H4.FHO3S/c1-2;1-4-5(2)3/h1-2H2;(H,2,3). The summed E-state index contributed by atoms with van der Waals surface area (Å²) in [5, 5.41) is 0. The molecule has 5 heteroatoms. The van der Waals surface area contributed by atoms with Crippen LogP contribution in [0.5, 0.6) is 0 Å². The Morgan fingerprint density at radius 1 is 1.71 bits per heavy atom. The minimum Gasteiger partial charge on any atom is -0.282 e. The first kappa shape index (κ1) is 9.88. The summed E-state index contributed by atoms with van der Waals surface area (Å²) < 4.78 is 28.5. The molecule has 7 heavy (non-hydrogen) atoms. The maximum absolute atomic E-state index is 10.1. The molecular formula is C2H5FO3S. The Morgan fingerprint density at radius 3 is 1.86 bits per heavy atom. The van der Waals surface area contributed by atoms with Crippen molar-refractivity contribution in [3.63, 3.8) is 0 Å². The summed E-state index contributed by atoms with van der Waals surface area (Å²) in [6, 6.07) is 0. The Hall–Kier alpha value is -0.260. The highest BCUT2D eigenvalue weighted by atomic mass is 32.2. The first-order chi connectivity index (χ1) is 3.27. The summed E-state index contributed by atoms with van der Waals surface area (Å²) in [7, 11) is 0. The highest BCUT2D eigenvalue weighted by Crippen LogP contribution is 1.72. The molecule has 0 aromatic rings. The van der Waals surface area contributed by atoms with Gasteiger partial charge in [-0.05, 0) is 4.53 Å². The summed E-state index contributed by atoms with van der Waals surface area (Å²) in [6.07, 6.45) is 0. The van der Waals surface area contributed by atoms with Gasteiger partial charge in [-0.3, -0.25) is 4.55 Å². The van der Waals surface area contributed by atoms with Crippen LogP contribution in [0.4, 0.5) is 4.53 Å². The van der Waals surface area contributed by atoms with E-state index >= 15 is 0 Å². The normalized spacial score (nSPS) is 11.1. The van der Waals surface area contributed by atoms with Crippen molar-refractivity contribution in [2.75, 3.05) is 0 Å². The SMILES string of the molecule is C=C.O=S(O)OF. The predicted molar refractivity (Wildman–Crippen MR) is 24.2 cm³/mol. The molecule has 0 aliphatic carbocycles. The average Bonchev–Trinajstić information content (AvgIpc) is 1.73. The van der Waals surface area contributed by atoms with E-state index in [4.69, 9.17) is 8.76 Å². The minimum absolute atomic E-state index is 2.28. The summed E-state index contributed by atoms with van der Waals surface area (Å²) in [5.41, 5.74) is 0. The van der Waals surface area contributed by atoms with Crippen LogP contribution < -0.4 is 0 Å². The number of rotatable bonds is 1. The van der Waals surface area contributed by atoms with E-state index in [1.807, 2.05) is 0 Å². The predicted octanol–water partition coefficient (Wildman–Crippen LogP) is 0.826. The molecule has 3 nitrogen and oxygen atoms in total. The molecule has 0 saturated carbocycles. The highest BCUT2D eigenvalue weighted by molar-refractivity contribution is 7.74. The molecule has 1 unspecified atom stereocenters. The van der Waals surface area contributed by atoms with Gasteiger partial charge in [-0.1, -0.05) is 4.39 Å². The zero-order chi connectivity index (χ0) is 6.28. The Kier molecular flexibility index (Phi) is 13.0. The van der Waals surface area contributed by atoms with Crippen molar-refractivity contribution >= 4 is 11.4 Å². The monoisotopic (exact) mass is 128 g/mol. The second-order valence-corrected chi connectivity index (χ2v) is 0.840. The van der Waals surface area contributed by atoms with Crippen LogP contribution in [0.3, 0.4) is 0 Å². The average molecular weight is 128 g/mol. The lowest BCUT2D eigenvalue weighted by atomic mass is 11.3. The molecule has 0 rings (SSSR count). The lowest BCUT2D eigenvalue weighted by Crippen LogP contribution is -1.79. The van der Waals surface area contributed by atoms with E-state index in [1.165, 1.54) is 0 Å². The Balaban J connectivity index is 0. The van der Waals surface area contributed by atoms with Gasteiger partial charge in [0.2, 0.25) is 0 Å². The van der Waals surface area contributed by atoms with Gasteiger partial charge in [-0.15, -0.1) is 13.2 Å². The molecule has 0 aliphatic rings. The van der Waals surface area contributed by atoms with Gasteiger partial charge in [0.05, 0.1) is 0 Å². The van der Waals surface area contributed by atoms with Crippen LogP contribution in [-0.2, 0) is 15.7 Å². The van der Waals surface area contributed by atoms with Gasteiger partial charge >= 0.3 is 11.4 Å². The van der Waals surface area contributed by atoms with Crippen molar-refractivity contribution < 1.29 is 17.7 Å². The smallest absolute Gasteiger partial charge is 0.282 e. The maximum atomic E-state index is 10.1. The molecule has 0 radical (unpaired) electrons. The highest BCUT2D eigenvalue weighted by Gasteiger charge is 1.81. The molecule has 0 saturated heterocycles. The van der Waals surface area contributed by atoms with Crippen LogP contribution in [0.15, 0.2) is 13.2 Å². The number of hydrogen-bond acceptors (Lipinski definition) is 2. The lowest BCUT2D eigenvalue weighted by molar-refractivity contribution is 0.000724. The van der Waals surface area contributed by atoms with Crippen LogP contribution >= 0.6 is 0 Å². The van der Waals surface area contributed by atoms with Crippen molar-refractivity contribution in [1.29, 1.82) is 0 Å². The van der Waals surface area contributed by atoms with Crippen LogP contribution in [0.25, 0.3) is 0 Å². The van der Waals surface area contributed by atoms with Crippen molar-refractivity contribution in [2.24, 2.45) is 0 Å². The fraction of sp³-hybridized carbons (Fsp3) is 0. The Bertz CT molecular complexity index is 56.9. The van der Waals surface area contributed by atoms with E-state index in [9.17, 15) is 4.53 Å². The lowest BCUT2D eigenvalue weighted by Gasteiger charge is -1.69. The van der Waals surface area contributed by atoms with Gasteiger partial charge in [0, 0.05) is 0 Å². The summed E-state index contributed by atoms with van der Waals surface area (Å²) >= 11 is -2.74. The second-order valence-electron chi connectivity index (χ2n) is 0.280. The second kappa shape index (κ2) is 9.22. The molecule has 44 valence electrons. The molecule has 1 N–H and O–H groups in total. The van der Waals surface area contributed by atoms with Crippen LogP contribution in [0, 0.1) is 0 Å². The molecule has 1 atom stereocenters. The van der Waals surface area contributed by atoms with Crippen molar-refractivity contribution in [3.05, 3.63) is 13.2 Å². The van der Waals surface area contributed by atoms with E-state index in [1.54, 1.807) is 0 Å². The number of halogens is 1. The minimum atomic E-state index is -2.74. The molecule has 0 fully saturated rings. The van der Waals surface area contributed by atoms with E-state index in [-0.39, 0.29) is 0 Å². The Labute approximate surface area is 43.2 Å². The summed E-state index contributed by atoms with van der Waals surface area (Å²) in [6.45, 7) is 6.00. The topological polar surface area (TPSA) is 46.5 Å². The van der Waals surface area contributed by atoms with Gasteiger partial charge in [0.25, 0.3) is 0 Å². The van der Waals surface area contributed by atoms with Crippen molar-refractivity contribution in [1.82, 2.24) is 0 Å². The third kappa shape index (κ3) is 26.5. The third-order valence-electron chi connectivity index (χ3n) is 0.0539. The first-order valence-electron chi connectivity index (χ1n) is 1.17. The fourth-order valence-electron chi connectivity index (χ4n) is 0. The number of hydrogen-bond donors (Lipinski definition) is 1. The van der Waals surface area contributed by atoms with Gasteiger partial charge < -0.3 is 0 Å². The zero-order valence-electron chi connectivity index (χ0n) is 3.46. The maximum Gasteiger partial charge on any atom is 0.335 e. The van der Waals surface area contributed by atoms with E-state index in [0.29, 0.717) is 0 Å². The van der Waals surface area contributed by atoms with Gasteiger partial charge in [0.1, 0.15) is 0 Å². The van der Waals surface area contributed by atoms with Crippen LogP contribution in [-0.4, -0.2) is 8.76 Å². The van der Waals surface area contributed by atoms with E-state index in [0.717, 1.165) is 0 Å². The summed E-state index contributed by atoms with van der Waals surface area (Å²) in [4.78, 5) is 0. The molecule has 0 aromatic carbocycles. The first-order valence-corrected chi connectivity index (χ1v) is 2.20. The zero-order valence-corrected chi connectivity index (χ0v) is 4.28. The third-order valence-corrected chi connectivity index (χ3v) is 0.162. The molecule has 0 bridgehead atoms. The van der Waals surface area contributed by atoms with E-state index in [2.05, 4.69) is 17.5 Å². The quantitative estimate of drug-likeness (QED) is 0.420. The molecule has 0 spiro atoms. The van der Waals surface area contributed by atoms with Crippen LogP contribution in [0.2, 0.25) is 0 Å². The van der Waals surface area contributed by atoms with Crippen LogP contribution in [0.1, 0.15) is 0 Å². The van der Waals surface area contributed by atoms with Crippen molar-refractivity contribution in [3.8, 4) is 0 Å². The Morgan fingerprint density at radius 2 is 1.86 bits per heavy atom. The van der Waals surface area contributed by atoms with Crippen molar-refractivity contribution in [2.45, 2.75) is 0 Å². The van der Waals surface area contributed by atoms with Gasteiger partial charge in [0.15, 0.2) is 0 Å². The van der Waals surface area contributed by atoms with Gasteiger partial charge in [-0.25, -0.2) is 0 Å². The summed E-state index contributed by atoms with van der Waals surface area (Å²) in [5.74, 6) is 0. The largest absolute Gasteiger partial charge is 0.335 e. The molecule has 0 aliphatic heterocycles. The molecular weight excluding hydrogens is 123 g/mol. The van der Waals surface area contributed by atoms with E-state index < -0.39 is 11.4 Å². The molecule has 0 amide bonds.